The zero-order valence-electron chi connectivity index (χ0n) is 10.1. The van der Waals surface area contributed by atoms with Crippen LogP contribution in [-0.4, -0.2) is 19.6 Å². The van der Waals surface area contributed by atoms with Gasteiger partial charge in [0.2, 0.25) is 0 Å². The molecule has 0 atom stereocenters. The van der Waals surface area contributed by atoms with Crippen molar-refractivity contribution in [3.05, 3.63) is 61.1 Å². The Morgan fingerprint density at radius 3 is 2.68 bits per heavy atom. The van der Waals surface area contributed by atoms with Crippen molar-refractivity contribution in [1.29, 1.82) is 0 Å². The SMILES string of the molecule is c1ccc2c(c1)cnc1cc(-c3ccncc3)nn12. The van der Waals surface area contributed by atoms with E-state index in [-0.39, 0.29) is 0 Å². The number of para-hydroxylation sites is 1. The Morgan fingerprint density at radius 2 is 1.79 bits per heavy atom. The summed E-state index contributed by atoms with van der Waals surface area (Å²) < 4.78 is 1.88. The zero-order valence-corrected chi connectivity index (χ0v) is 10.1. The predicted octanol–water partition coefficient (Wildman–Crippen LogP) is 2.94. The molecule has 4 heteroatoms. The molecule has 4 rings (SSSR count). The smallest absolute Gasteiger partial charge is 0.156 e. The fraction of sp³-hybridized carbons (Fsp3) is 0. The van der Waals surface area contributed by atoms with Crippen LogP contribution in [0.3, 0.4) is 0 Å². The van der Waals surface area contributed by atoms with Crippen LogP contribution in [0.1, 0.15) is 0 Å². The predicted molar refractivity (Wildman–Crippen MR) is 73.7 cm³/mol. The van der Waals surface area contributed by atoms with Crippen LogP contribution in [0.25, 0.3) is 27.8 Å². The zero-order chi connectivity index (χ0) is 12.7. The maximum atomic E-state index is 4.64. The Morgan fingerprint density at radius 1 is 0.947 bits per heavy atom. The molecule has 0 aliphatic rings. The number of hydrogen-bond donors (Lipinski definition) is 0. The molecular formula is C15H10N4. The molecule has 0 unspecified atom stereocenters. The second-order valence-electron chi connectivity index (χ2n) is 4.35. The highest BCUT2D eigenvalue weighted by molar-refractivity contribution is 5.81. The van der Waals surface area contributed by atoms with Crippen molar-refractivity contribution >= 4 is 16.6 Å². The molecule has 3 aromatic heterocycles. The van der Waals surface area contributed by atoms with Crippen LogP contribution in [0.5, 0.6) is 0 Å². The largest absolute Gasteiger partial charge is 0.265 e. The lowest BCUT2D eigenvalue weighted by atomic mass is 10.2. The van der Waals surface area contributed by atoms with Gasteiger partial charge in [0.1, 0.15) is 0 Å². The molecule has 0 saturated carbocycles. The second-order valence-corrected chi connectivity index (χ2v) is 4.35. The van der Waals surface area contributed by atoms with E-state index < -0.39 is 0 Å². The number of hydrogen-bond acceptors (Lipinski definition) is 3. The topological polar surface area (TPSA) is 43.1 Å². The third-order valence-corrected chi connectivity index (χ3v) is 3.17. The van der Waals surface area contributed by atoms with E-state index >= 15 is 0 Å². The summed E-state index contributed by atoms with van der Waals surface area (Å²) in [7, 11) is 0. The Kier molecular flexibility index (Phi) is 2.08. The maximum Gasteiger partial charge on any atom is 0.156 e. The van der Waals surface area contributed by atoms with E-state index in [1.165, 1.54) is 0 Å². The molecule has 0 radical (unpaired) electrons. The van der Waals surface area contributed by atoms with Crippen LogP contribution < -0.4 is 0 Å². The molecule has 0 aliphatic heterocycles. The van der Waals surface area contributed by atoms with Crippen LogP contribution in [0, 0.1) is 0 Å². The van der Waals surface area contributed by atoms with Crippen LogP contribution >= 0.6 is 0 Å². The highest BCUT2D eigenvalue weighted by atomic mass is 15.3. The van der Waals surface area contributed by atoms with Crippen LogP contribution in [-0.2, 0) is 0 Å². The lowest BCUT2D eigenvalue weighted by molar-refractivity contribution is 0.987. The first-order valence-electron chi connectivity index (χ1n) is 6.06. The summed E-state index contributed by atoms with van der Waals surface area (Å²) >= 11 is 0. The molecule has 90 valence electrons. The van der Waals surface area contributed by atoms with Crippen molar-refractivity contribution < 1.29 is 0 Å². The monoisotopic (exact) mass is 246 g/mol. The fourth-order valence-electron chi connectivity index (χ4n) is 2.23. The van der Waals surface area contributed by atoms with Gasteiger partial charge >= 0.3 is 0 Å². The summed E-state index contributed by atoms with van der Waals surface area (Å²) in [6.45, 7) is 0. The summed E-state index contributed by atoms with van der Waals surface area (Å²) in [6, 6.07) is 14.0. The van der Waals surface area contributed by atoms with Gasteiger partial charge in [-0.15, -0.1) is 0 Å². The molecule has 0 bridgehead atoms. The van der Waals surface area contributed by atoms with Crippen molar-refractivity contribution in [3.63, 3.8) is 0 Å². The highest BCUT2D eigenvalue weighted by Crippen LogP contribution is 2.21. The summed E-state index contributed by atoms with van der Waals surface area (Å²) in [5, 5.41) is 5.72. The van der Waals surface area contributed by atoms with E-state index in [2.05, 4.69) is 15.1 Å². The van der Waals surface area contributed by atoms with Crippen LogP contribution in [0.4, 0.5) is 0 Å². The molecule has 19 heavy (non-hydrogen) atoms. The highest BCUT2D eigenvalue weighted by Gasteiger charge is 2.07. The number of nitrogens with zero attached hydrogens (tertiary/aromatic N) is 4. The van der Waals surface area contributed by atoms with Gasteiger partial charge in [0, 0.05) is 35.6 Å². The first-order valence-corrected chi connectivity index (χ1v) is 6.06. The number of pyridine rings is 1. The van der Waals surface area contributed by atoms with E-state index in [1.807, 2.05) is 53.2 Å². The van der Waals surface area contributed by atoms with Gasteiger partial charge in [0.05, 0.1) is 11.2 Å². The third kappa shape index (κ3) is 1.57. The average molecular weight is 246 g/mol. The van der Waals surface area contributed by atoms with Crippen LogP contribution in [0.2, 0.25) is 0 Å². The summed E-state index contributed by atoms with van der Waals surface area (Å²) in [4.78, 5) is 8.46. The molecule has 0 aliphatic carbocycles. The van der Waals surface area contributed by atoms with Gasteiger partial charge in [-0.1, -0.05) is 18.2 Å². The average Bonchev–Trinajstić information content (AvgIpc) is 2.93. The van der Waals surface area contributed by atoms with Crippen molar-refractivity contribution in [1.82, 2.24) is 19.6 Å². The first kappa shape index (κ1) is 10.2. The van der Waals surface area contributed by atoms with Gasteiger partial charge in [-0.3, -0.25) is 4.98 Å². The van der Waals surface area contributed by atoms with Crippen molar-refractivity contribution in [2.75, 3.05) is 0 Å². The van der Waals surface area contributed by atoms with Crippen molar-refractivity contribution in [2.24, 2.45) is 0 Å². The lowest BCUT2D eigenvalue weighted by Crippen LogP contribution is -1.92. The fourth-order valence-corrected chi connectivity index (χ4v) is 2.23. The third-order valence-electron chi connectivity index (χ3n) is 3.17. The molecule has 4 nitrogen and oxygen atoms in total. The Hall–Kier alpha value is -2.75. The molecule has 3 heterocycles. The van der Waals surface area contributed by atoms with E-state index in [9.17, 15) is 0 Å². The lowest BCUT2D eigenvalue weighted by Gasteiger charge is -1.99. The van der Waals surface area contributed by atoms with Gasteiger partial charge in [-0.05, 0) is 18.2 Å². The quantitative estimate of drug-likeness (QED) is 0.518. The van der Waals surface area contributed by atoms with Crippen molar-refractivity contribution in [3.8, 4) is 11.3 Å². The molecule has 1 aromatic carbocycles. The Bertz CT molecular complexity index is 865. The normalized spacial score (nSPS) is 11.2. The van der Waals surface area contributed by atoms with Gasteiger partial charge in [-0.2, -0.15) is 5.10 Å². The second kappa shape index (κ2) is 3.88. The van der Waals surface area contributed by atoms with Gasteiger partial charge in [0.25, 0.3) is 0 Å². The first-order chi connectivity index (χ1) is 9.42. The molecule has 0 fully saturated rings. The minimum atomic E-state index is 0.852. The minimum Gasteiger partial charge on any atom is -0.265 e. The summed E-state index contributed by atoms with van der Waals surface area (Å²) in [5.74, 6) is 0. The van der Waals surface area contributed by atoms with E-state index in [0.29, 0.717) is 0 Å². The standard InChI is InChI=1S/C15H10N4/c1-2-4-14-12(3-1)10-17-15-9-13(18-19(14)15)11-5-7-16-8-6-11/h1-10H. The molecular weight excluding hydrogens is 236 g/mol. The molecule has 0 N–H and O–H groups in total. The van der Waals surface area contributed by atoms with Gasteiger partial charge in [-0.25, -0.2) is 9.50 Å². The van der Waals surface area contributed by atoms with Crippen LogP contribution in [0.15, 0.2) is 61.1 Å². The van der Waals surface area contributed by atoms with Crippen molar-refractivity contribution in [2.45, 2.75) is 0 Å². The van der Waals surface area contributed by atoms with E-state index in [1.54, 1.807) is 12.4 Å². The molecule has 0 amide bonds. The summed E-state index contributed by atoms with van der Waals surface area (Å²) in [6.07, 6.45) is 5.42. The summed E-state index contributed by atoms with van der Waals surface area (Å²) in [5.41, 5.74) is 3.87. The van der Waals surface area contributed by atoms with E-state index in [4.69, 9.17) is 0 Å². The van der Waals surface area contributed by atoms with E-state index in [0.717, 1.165) is 27.8 Å². The number of fused-ring (bicyclic) bond motifs is 3. The molecule has 0 spiro atoms. The molecule has 0 saturated heterocycles. The Labute approximate surface area is 109 Å². The Balaban J connectivity index is 2.04. The van der Waals surface area contributed by atoms with Gasteiger partial charge < -0.3 is 0 Å². The molecule has 4 aromatic rings. The minimum absolute atomic E-state index is 0.852. The van der Waals surface area contributed by atoms with Gasteiger partial charge in [0.15, 0.2) is 5.65 Å². The maximum absolute atomic E-state index is 4.64. The number of rotatable bonds is 1. The number of benzene rings is 1. The number of aromatic nitrogens is 4.